The summed E-state index contributed by atoms with van der Waals surface area (Å²) in [5.41, 5.74) is 2.61. The second-order valence-electron chi connectivity index (χ2n) is 7.05. The van der Waals surface area contributed by atoms with Gasteiger partial charge in [-0.1, -0.05) is 43.7 Å². The second-order valence-corrected chi connectivity index (χ2v) is 7.05. The molecule has 0 bridgehead atoms. The number of nitrogens with one attached hydrogen (secondary N) is 1. The van der Waals surface area contributed by atoms with Crippen molar-refractivity contribution in [3.8, 4) is 0 Å². The monoisotopic (exact) mass is 367 g/mol. The standard InChI is InChI=1S/C21H29N5O/c1-3-4-10-22-21-23-17(2)15-19(24-21)20(27)26-13-11-25(12-14-26)16-18-8-6-5-7-9-18/h5-9,15H,3-4,10-14,16H2,1-2H3,(H,22,23,24). The lowest BCUT2D eigenvalue weighted by Gasteiger charge is -2.34. The van der Waals surface area contributed by atoms with Gasteiger partial charge in [0, 0.05) is 45.0 Å². The van der Waals surface area contributed by atoms with E-state index in [2.05, 4.69) is 51.4 Å². The van der Waals surface area contributed by atoms with E-state index in [1.165, 1.54) is 5.56 Å². The summed E-state index contributed by atoms with van der Waals surface area (Å²) >= 11 is 0. The molecule has 1 amide bonds. The predicted octanol–water partition coefficient (Wildman–Crippen LogP) is 2.96. The molecule has 27 heavy (non-hydrogen) atoms. The number of rotatable bonds is 7. The molecule has 0 saturated carbocycles. The van der Waals surface area contributed by atoms with Crippen LogP contribution in [0.25, 0.3) is 0 Å². The number of hydrogen-bond donors (Lipinski definition) is 1. The Morgan fingerprint density at radius 2 is 1.85 bits per heavy atom. The van der Waals surface area contributed by atoms with Crippen LogP contribution in [0.5, 0.6) is 0 Å². The molecule has 0 atom stereocenters. The van der Waals surface area contributed by atoms with E-state index in [4.69, 9.17) is 0 Å². The predicted molar refractivity (Wildman–Crippen MR) is 108 cm³/mol. The van der Waals surface area contributed by atoms with Gasteiger partial charge < -0.3 is 10.2 Å². The van der Waals surface area contributed by atoms with Gasteiger partial charge in [-0.05, 0) is 25.0 Å². The molecule has 1 aliphatic rings. The molecule has 1 aromatic carbocycles. The third-order valence-electron chi connectivity index (χ3n) is 4.80. The van der Waals surface area contributed by atoms with Gasteiger partial charge in [0.15, 0.2) is 0 Å². The Balaban J connectivity index is 1.57. The number of piperazine rings is 1. The first-order valence-electron chi connectivity index (χ1n) is 9.81. The molecule has 0 aliphatic carbocycles. The summed E-state index contributed by atoms with van der Waals surface area (Å²) in [5, 5.41) is 3.22. The van der Waals surface area contributed by atoms with Crippen molar-refractivity contribution in [3.63, 3.8) is 0 Å². The van der Waals surface area contributed by atoms with Gasteiger partial charge in [0.2, 0.25) is 5.95 Å². The molecular formula is C21H29N5O. The van der Waals surface area contributed by atoms with Gasteiger partial charge in [0.25, 0.3) is 5.91 Å². The van der Waals surface area contributed by atoms with Crippen molar-refractivity contribution in [3.05, 3.63) is 53.3 Å². The van der Waals surface area contributed by atoms with Crippen molar-refractivity contribution in [2.45, 2.75) is 33.2 Å². The second kappa shape index (κ2) is 9.46. The van der Waals surface area contributed by atoms with Crippen LogP contribution >= 0.6 is 0 Å². The van der Waals surface area contributed by atoms with E-state index < -0.39 is 0 Å². The molecule has 1 aliphatic heterocycles. The maximum Gasteiger partial charge on any atom is 0.272 e. The number of aromatic nitrogens is 2. The maximum atomic E-state index is 12.9. The summed E-state index contributed by atoms with van der Waals surface area (Å²) in [6, 6.07) is 12.2. The molecule has 2 heterocycles. The fourth-order valence-electron chi connectivity index (χ4n) is 3.25. The molecule has 2 aromatic rings. The first-order valence-corrected chi connectivity index (χ1v) is 9.81. The number of benzene rings is 1. The Morgan fingerprint density at radius 1 is 1.11 bits per heavy atom. The Hall–Kier alpha value is -2.47. The van der Waals surface area contributed by atoms with Crippen LogP contribution in [0.1, 0.15) is 41.5 Å². The number of aryl methyl sites for hydroxylation is 1. The Morgan fingerprint density at radius 3 is 2.56 bits per heavy atom. The van der Waals surface area contributed by atoms with Crippen molar-refractivity contribution in [2.75, 3.05) is 38.0 Å². The van der Waals surface area contributed by atoms with Gasteiger partial charge in [0.05, 0.1) is 0 Å². The van der Waals surface area contributed by atoms with Gasteiger partial charge in [-0.2, -0.15) is 0 Å². The highest BCUT2D eigenvalue weighted by molar-refractivity contribution is 5.92. The summed E-state index contributed by atoms with van der Waals surface area (Å²) in [7, 11) is 0. The van der Waals surface area contributed by atoms with Crippen LogP contribution in [0.15, 0.2) is 36.4 Å². The Bertz CT molecular complexity index is 741. The number of carbonyl (C=O) groups is 1. The third-order valence-corrected chi connectivity index (χ3v) is 4.80. The van der Waals surface area contributed by atoms with Crippen LogP contribution in [-0.4, -0.2) is 58.4 Å². The zero-order valence-corrected chi connectivity index (χ0v) is 16.3. The zero-order valence-electron chi connectivity index (χ0n) is 16.3. The fraction of sp³-hybridized carbons (Fsp3) is 0.476. The minimum absolute atomic E-state index is 0.00148. The van der Waals surface area contributed by atoms with Crippen molar-refractivity contribution in [1.82, 2.24) is 19.8 Å². The van der Waals surface area contributed by atoms with Crippen LogP contribution in [0.3, 0.4) is 0 Å². The largest absolute Gasteiger partial charge is 0.354 e. The van der Waals surface area contributed by atoms with Gasteiger partial charge in [-0.15, -0.1) is 0 Å². The third kappa shape index (κ3) is 5.50. The number of anilines is 1. The molecule has 0 unspecified atom stereocenters. The molecule has 6 heteroatoms. The fourth-order valence-corrected chi connectivity index (χ4v) is 3.25. The van der Waals surface area contributed by atoms with Crippen LogP contribution in [0.2, 0.25) is 0 Å². The van der Waals surface area contributed by atoms with Gasteiger partial charge >= 0.3 is 0 Å². The normalized spacial score (nSPS) is 15.0. The summed E-state index contributed by atoms with van der Waals surface area (Å²) in [5.74, 6) is 0.549. The lowest BCUT2D eigenvalue weighted by molar-refractivity contribution is 0.0622. The van der Waals surface area contributed by atoms with E-state index in [1.807, 2.05) is 17.9 Å². The van der Waals surface area contributed by atoms with Gasteiger partial charge in [0.1, 0.15) is 5.69 Å². The summed E-state index contributed by atoms with van der Waals surface area (Å²) < 4.78 is 0. The maximum absolute atomic E-state index is 12.9. The van der Waals surface area contributed by atoms with E-state index in [0.717, 1.165) is 57.8 Å². The molecule has 3 rings (SSSR count). The Labute approximate surface area is 161 Å². The molecule has 1 aromatic heterocycles. The minimum atomic E-state index is -0.00148. The average molecular weight is 367 g/mol. The lowest BCUT2D eigenvalue weighted by atomic mass is 10.2. The molecule has 0 spiro atoms. The van der Waals surface area contributed by atoms with Crippen molar-refractivity contribution in [2.24, 2.45) is 0 Å². The van der Waals surface area contributed by atoms with Crippen LogP contribution in [-0.2, 0) is 6.54 Å². The molecular weight excluding hydrogens is 338 g/mol. The van der Waals surface area contributed by atoms with Gasteiger partial charge in [-0.3, -0.25) is 9.69 Å². The van der Waals surface area contributed by atoms with Crippen LogP contribution < -0.4 is 5.32 Å². The highest BCUT2D eigenvalue weighted by Gasteiger charge is 2.23. The van der Waals surface area contributed by atoms with Crippen molar-refractivity contribution in [1.29, 1.82) is 0 Å². The van der Waals surface area contributed by atoms with E-state index in [9.17, 15) is 4.79 Å². The molecule has 6 nitrogen and oxygen atoms in total. The van der Waals surface area contributed by atoms with Crippen LogP contribution in [0, 0.1) is 6.92 Å². The van der Waals surface area contributed by atoms with Crippen LogP contribution in [0.4, 0.5) is 5.95 Å². The number of carbonyl (C=O) groups excluding carboxylic acids is 1. The lowest BCUT2D eigenvalue weighted by Crippen LogP contribution is -2.48. The van der Waals surface area contributed by atoms with E-state index >= 15 is 0 Å². The first-order chi connectivity index (χ1) is 13.2. The summed E-state index contributed by atoms with van der Waals surface area (Å²) in [6.07, 6.45) is 2.17. The van der Waals surface area contributed by atoms with Crippen molar-refractivity contribution < 1.29 is 4.79 Å². The molecule has 1 saturated heterocycles. The minimum Gasteiger partial charge on any atom is -0.354 e. The Kier molecular flexibility index (Phi) is 6.76. The highest BCUT2D eigenvalue weighted by Crippen LogP contribution is 2.13. The topological polar surface area (TPSA) is 61.4 Å². The average Bonchev–Trinajstić information content (AvgIpc) is 2.69. The first kappa shape index (κ1) is 19.3. The van der Waals surface area contributed by atoms with E-state index in [-0.39, 0.29) is 5.91 Å². The van der Waals surface area contributed by atoms with E-state index in [1.54, 1.807) is 6.07 Å². The number of amides is 1. The highest BCUT2D eigenvalue weighted by atomic mass is 16.2. The smallest absolute Gasteiger partial charge is 0.272 e. The number of nitrogens with zero attached hydrogens (tertiary/aromatic N) is 4. The number of hydrogen-bond acceptors (Lipinski definition) is 5. The number of unbranched alkanes of at least 4 members (excludes halogenated alkanes) is 1. The van der Waals surface area contributed by atoms with Crippen molar-refractivity contribution >= 4 is 11.9 Å². The molecule has 1 N–H and O–H groups in total. The van der Waals surface area contributed by atoms with E-state index in [0.29, 0.717) is 11.6 Å². The summed E-state index contributed by atoms with van der Waals surface area (Å²) in [6.45, 7) is 9.03. The SMILES string of the molecule is CCCCNc1nc(C)cc(C(=O)N2CCN(Cc3ccccc3)CC2)n1. The molecule has 0 radical (unpaired) electrons. The zero-order chi connectivity index (χ0) is 19.1. The quantitative estimate of drug-likeness (QED) is 0.763. The van der Waals surface area contributed by atoms with Gasteiger partial charge in [-0.25, -0.2) is 9.97 Å². The summed E-state index contributed by atoms with van der Waals surface area (Å²) in [4.78, 5) is 26.0. The molecule has 1 fully saturated rings. The molecule has 144 valence electrons.